The van der Waals surface area contributed by atoms with Gasteiger partial charge in [0.05, 0.1) is 17.6 Å². The summed E-state index contributed by atoms with van der Waals surface area (Å²) in [5, 5.41) is 4.08. The van der Waals surface area contributed by atoms with Crippen LogP contribution in [0.5, 0.6) is 0 Å². The van der Waals surface area contributed by atoms with Gasteiger partial charge in [-0.05, 0) is 18.6 Å². The molecule has 2 aromatic rings. The molecular formula is C11H16N6O2S. The van der Waals surface area contributed by atoms with Gasteiger partial charge in [-0.15, -0.1) is 0 Å². The Labute approximate surface area is 117 Å². The molecule has 0 spiro atoms. The topological polar surface area (TPSA) is 115 Å². The van der Waals surface area contributed by atoms with E-state index in [1.807, 2.05) is 13.1 Å². The van der Waals surface area contributed by atoms with Crippen molar-refractivity contribution in [2.75, 3.05) is 12.0 Å². The maximum Gasteiger partial charge on any atom is 0.240 e. The van der Waals surface area contributed by atoms with Crippen LogP contribution in [0.4, 0.5) is 5.82 Å². The summed E-state index contributed by atoms with van der Waals surface area (Å²) < 4.78 is 28.3. The van der Waals surface area contributed by atoms with Gasteiger partial charge in [-0.2, -0.15) is 5.10 Å². The van der Waals surface area contributed by atoms with Gasteiger partial charge in [0.2, 0.25) is 10.0 Å². The van der Waals surface area contributed by atoms with Crippen LogP contribution in [-0.4, -0.2) is 29.7 Å². The average Bonchev–Trinajstić information content (AvgIpc) is 2.84. The van der Waals surface area contributed by atoms with E-state index < -0.39 is 10.0 Å². The number of rotatable bonds is 6. The molecule has 20 heavy (non-hydrogen) atoms. The second-order valence-corrected chi connectivity index (χ2v) is 5.97. The summed E-state index contributed by atoms with van der Waals surface area (Å²) in [6.45, 7) is 2.63. The van der Waals surface area contributed by atoms with Gasteiger partial charge < -0.3 is 5.43 Å². The molecule has 0 aromatic carbocycles. The standard InChI is InChI=1S/C11H16N6O2S/c1-9-7-14-17(8-9)5-4-15-20(18,19)10-2-3-13-11(6-10)16-12/h2-3,6-8,15H,4-5,12H2,1H3,(H,13,16). The van der Waals surface area contributed by atoms with E-state index in [-0.39, 0.29) is 17.3 Å². The molecule has 2 heterocycles. The van der Waals surface area contributed by atoms with Crippen LogP contribution in [0.25, 0.3) is 0 Å². The summed E-state index contributed by atoms with van der Waals surface area (Å²) in [4.78, 5) is 3.97. The maximum atomic E-state index is 12.1. The maximum absolute atomic E-state index is 12.1. The second kappa shape index (κ2) is 5.99. The lowest BCUT2D eigenvalue weighted by molar-refractivity contribution is 0.560. The zero-order valence-corrected chi connectivity index (χ0v) is 11.8. The molecule has 0 fully saturated rings. The van der Waals surface area contributed by atoms with Gasteiger partial charge in [-0.3, -0.25) is 4.68 Å². The Hall–Kier alpha value is -1.97. The predicted octanol–water partition coefficient (Wildman–Crippen LogP) is -0.149. The number of nitrogens with two attached hydrogens (primary N) is 1. The fourth-order valence-corrected chi connectivity index (χ4v) is 2.66. The molecular weight excluding hydrogens is 280 g/mol. The molecule has 9 heteroatoms. The van der Waals surface area contributed by atoms with Crippen LogP contribution >= 0.6 is 0 Å². The molecule has 0 bridgehead atoms. The highest BCUT2D eigenvalue weighted by Gasteiger charge is 2.14. The number of nitrogen functional groups attached to an aromatic ring is 1. The Morgan fingerprint density at radius 3 is 2.90 bits per heavy atom. The largest absolute Gasteiger partial charge is 0.308 e. The Balaban J connectivity index is 2.00. The van der Waals surface area contributed by atoms with Crippen molar-refractivity contribution in [1.82, 2.24) is 19.5 Å². The van der Waals surface area contributed by atoms with Crippen molar-refractivity contribution in [3.05, 3.63) is 36.3 Å². The SMILES string of the molecule is Cc1cnn(CCNS(=O)(=O)c2ccnc(NN)c2)c1. The minimum Gasteiger partial charge on any atom is -0.308 e. The number of hydrazine groups is 1. The minimum atomic E-state index is -3.58. The van der Waals surface area contributed by atoms with Crippen molar-refractivity contribution in [2.45, 2.75) is 18.4 Å². The van der Waals surface area contributed by atoms with Crippen LogP contribution in [-0.2, 0) is 16.6 Å². The van der Waals surface area contributed by atoms with Crippen molar-refractivity contribution in [3.63, 3.8) is 0 Å². The lowest BCUT2D eigenvalue weighted by Crippen LogP contribution is -2.27. The van der Waals surface area contributed by atoms with Gasteiger partial charge in [-0.1, -0.05) is 0 Å². The van der Waals surface area contributed by atoms with Gasteiger partial charge in [0.25, 0.3) is 0 Å². The Morgan fingerprint density at radius 1 is 1.45 bits per heavy atom. The molecule has 0 saturated heterocycles. The molecule has 108 valence electrons. The van der Waals surface area contributed by atoms with Gasteiger partial charge >= 0.3 is 0 Å². The Kier molecular flexibility index (Phi) is 4.32. The summed E-state index contributed by atoms with van der Waals surface area (Å²) in [5.41, 5.74) is 3.34. The lowest BCUT2D eigenvalue weighted by Gasteiger charge is -2.08. The Bertz CT molecular complexity index is 682. The molecule has 0 saturated carbocycles. The zero-order valence-electron chi connectivity index (χ0n) is 10.9. The first kappa shape index (κ1) is 14.4. The summed E-state index contributed by atoms with van der Waals surface area (Å²) >= 11 is 0. The van der Waals surface area contributed by atoms with Crippen LogP contribution in [0.15, 0.2) is 35.6 Å². The summed E-state index contributed by atoms with van der Waals surface area (Å²) in [5.74, 6) is 5.49. The molecule has 0 unspecified atom stereocenters. The fraction of sp³-hybridized carbons (Fsp3) is 0.273. The molecule has 4 N–H and O–H groups in total. The average molecular weight is 296 g/mol. The third-order valence-electron chi connectivity index (χ3n) is 2.58. The number of nitrogens with zero attached hydrogens (tertiary/aromatic N) is 3. The van der Waals surface area contributed by atoms with Gasteiger partial charge in [0.1, 0.15) is 5.82 Å². The smallest absolute Gasteiger partial charge is 0.240 e. The predicted molar refractivity (Wildman–Crippen MR) is 74.2 cm³/mol. The van der Waals surface area contributed by atoms with E-state index in [4.69, 9.17) is 5.84 Å². The van der Waals surface area contributed by atoms with E-state index >= 15 is 0 Å². The molecule has 0 aliphatic rings. The van der Waals surface area contributed by atoms with E-state index in [1.54, 1.807) is 10.9 Å². The Morgan fingerprint density at radius 2 is 2.25 bits per heavy atom. The van der Waals surface area contributed by atoms with Crippen molar-refractivity contribution >= 4 is 15.8 Å². The van der Waals surface area contributed by atoms with Crippen LogP contribution in [0.2, 0.25) is 0 Å². The molecule has 0 amide bonds. The first-order valence-electron chi connectivity index (χ1n) is 5.92. The quantitative estimate of drug-likeness (QED) is 0.504. The van der Waals surface area contributed by atoms with Crippen LogP contribution < -0.4 is 16.0 Å². The number of hydrogen-bond donors (Lipinski definition) is 3. The van der Waals surface area contributed by atoms with Gasteiger partial charge in [0, 0.05) is 25.0 Å². The fourth-order valence-electron chi connectivity index (χ4n) is 1.62. The summed E-state index contributed by atoms with van der Waals surface area (Å²) in [7, 11) is -3.58. The molecule has 0 radical (unpaired) electrons. The highest BCUT2D eigenvalue weighted by Crippen LogP contribution is 2.11. The number of aryl methyl sites for hydroxylation is 1. The van der Waals surface area contributed by atoms with Crippen molar-refractivity contribution in [3.8, 4) is 0 Å². The monoisotopic (exact) mass is 296 g/mol. The van der Waals surface area contributed by atoms with E-state index in [9.17, 15) is 8.42 Å². The molecule has 0 aliphatic heterocycles. The van der Waals surface area contributed by atoms with E-state index in [1.165, 1.54) is 18.3 Å². The number of aromatic nitrogens is 3. The van der Waals surface area contributed by atoms with E-state index in [0.717, 1.165) is 5.56 Å². The van der Waals surface area contributed by atoms with E-state index in [2.05, 4.69) is 20.2 Å². The van der Waals surface area contributed by atoms with Crippen molar-refractivity contribution < 1.29 is 8.42 Å². The molecule has 0 atom stereocenters. The lowest BCUT2D eigenvalue weighted by atomic mass is 10.4. The first-order valence-corrected chi connectivity index (χ1v) is 7.41. The normalized spacial score (nSPS) is 11.5. The highest BCUT2D eigenvalue weighted by molar-refractivity contribution is 7.89. The number of sulfonamides is 1. The number of anilines is 1. The minimum absolute atomic E-state index is 0.108. The van der Waals surface area contributed by atoms with Crippen LogP contribution in [0, 0.1) is 6.92 Å². The zero-order chi connectivity index (χ0) is 14.6. The van der Waals surface area contributed by atoms with Crippen LogP contribution in [0.3, 0.4) is 0 Å². The third-order valence-corrected chi connectivity index (χ3v) is 4.04. The van der Waals surface area contributed by atoms with Crippen molar-refractivity contribution in [2.24, 2.45) is 5.84 Å². The highest BCUT2D eigenvalue weighted by atomic mass is 32.2. The molecule has 8 nitrogen and oxygen atoms in total. The van der Waals surface area contributed by atoms with Crippen LogP contribution in [0.1, 0.15) is 5.56 Å². The number of pyridine rings is 1. The number of hydrogen-bond acceptors (Lipinski definition) is 6. The first-order chi connectivity index (χ1) is 9.51. The molecule has 0 aliphatic carbocycles. The van der Waals surface area contributed by atoms with E-state index in [0.29, 0.717) is 6.54 Å². The summed E-state index contributed by atoms with van der Waals surface area (Å²) in [6, 6.07) is 2.77. The van der Waals surface area contributed by atoms with Crippen molar-refractivity contribution in [1.29, 1.82) is 0 Å². The molecule has 2 aromatic heterocycles. The molecule has 2 rings (SSSR count). The van der Waals surface area contributed by atoms with Gasteiger partial charge in [-0.25, -0.2) is 24.0 Å². The number of nitrogens with one attached hydrogen (secondary N) is 2. The second-order valence-electron chi connectivity index (χ2n) is 4.20. The summed E-state index contributed by atoms with van der Waals surface area (Å²) in [6.07, 6.45) is 4.94. The third kappa shape index (κ3) is 3.53. The van der Waals surface area contributed by atoms with Gasteiger partial charge in [0.15, 0.2) is 0 Å².